The van der Waals surface area contributed by atoms with Gasteiger partial charge >= 0.3 is 0 Å². The van der Waals surface area contributed by atoms with Crippen LogP contribution < -0.4 is 5.32 Å². The van der Waals surface area contributed by atoms with Crippen LogP contribution in [0, 0.1) is 5.82 Å². The summed E-state index contributed by atoms with van der Waals surface area (Å²) in [5, 5.41) is 9.94. The fourth-order valence-electron chi connectivity index (χ4n) is 1.76. The van der Waals surface area contributed by atoms with Crippen molar-refractivity contribution in [1.29, 1.82) is 0 Å². The predicted molar refractivity (Wildman–Crippen MR) is 74.6 cm³/mol. The monoisotopic (exact) mass is 289 g/mol. The van der Waals surface area contributed by atoms with E-state index < -0.39 is 0 Å². The van der Waals surface area contributed by atoms with Crippen LogP contribution in [-0.2, 0) is 13.1 Å². The number of nitrogens with zero attached hydrogens (tertiary/aromatic N) is 2. The van der Waals surface area contributed by atoms with E-state index in [0.717, 1.165) is 22.0 Å². The van der Waals surface area contributed by atoms with E-state index in [4.69, 9.17) is 4.52 Å². The van der Waals surface area contributed by atoms with Gasteiger partial charge in [0.25, 0.3) is 0 Å². The van der Waals surface area contributed by atoms with E-state index in [9.17, 15) is 4.39 Å². The molecule has 0 aliphatic rings. The highest BCUT2D eigenvalue weighted by Crippen LogP contribution is 2.23. The van der Waals surface area contributed by atoms with E-state index in [2.05, 4.69) is 15.5 Å². The molecule has 0 atom stereocenters. The number of hydrogen-bond acceptors (Lipinski definition) is 5. The van der Waals surface area contributed by atoms with Crippen LogP contribution in [0.1, 0.15) is 11.4 Å². The Morgan fingerprint density at radius 3 is 2.65 bits per heavy atom. The van der Waals surface area contributed by atoms with Crippen molar-refractivity contribution in [3.63, 3.8) is 0 Å². The van der Waals surface area contributed by atoms with Crippen LogP contribution in [0.15, 0.2) is 46.5 Å². The van der Waals surface area contributed by atoms with Gasteiger partial charge in [-0.15, -0.1) is 11.3 Å². The lowest BCUT2D eigenvalue weighted by Gasteiger charge is -1.99. The van der Waals surface area contributed by atoms with Crippen LogP contribution in [0.3, 0.4) is 0 Å². The molecule has 1 aromatic carbocycles. The van der Waals surface area contributed by atoms with E-state index in [0.29, 0.717) is 13.1 Å². The molecule has 0 fully saturated rings. The molecule has 0 unspecified atom stereocenters. The van der Waals surface area contributed by atoms with Gasteiger partial charge in [0.05, 0.1) is 11.4 Å². The van der Waals surface area contributed by atoms with Crippen LogP contribution in [0.2, 0.25) is 0 Å². The number of benzene rings is 1. The lowest BCUT2D eigenvalue weighted by molar-refractivity contribution is 0.408. The molecule has 0 aliphatic heterocycles. The molecule has 0 aliphatic carbocycles. The SMILES string of the molecule is Fc1ccc(-c2nc(CNCc3ccon3)cs2)cc1. The lowest BCUT2D eigenvalue weighted by atomic mass is 10.2. The summed E-state index contributed by atoms with van der Waals surface area (Å²) in [4.78, 5) is 4.52. The average molecular weight is 289 g/mol. The molecule has 2 aromatic heterocycles. The first-order chi connectivity index (χ1) is 9.81. The van der Waals surface area contributed by atoms with Crippen molar-refractivity contribution >= 4 is 11.3 Å². The van der Waals surface area contributed by atoms with Crippen molar-refractivity contribution < 1.29 is 8.91 Å². The van der Waals surface area contributed by atoms with Crippen LogP contribution in [-0.4, -0.2) is 10.1 Å². The maximum Gasteiger partial charge on any atom is 0.124 e. The second-order valence-corrected chi connectivity index (χ2v) is 5.10. The molecule has 3 rings (SSSR count). The fourth-order valence-corrected chi connectivity index (χ4v) is 2.59. The van der Waals surface area contributed by atoms with Crippen LogP contribution in [0.5, 0.6) is 0 Å². The summed E-state index contributed by atoms with van der Waals surface area (Å²) >= 11 is 1.55. The Morgan fingerprint density at radius 1 is 1.10 bits per heavy atom. The minimum absolute atomic E-state index is 0.236. The minimum atomic E-state index is -0.236. The average Bonchev–Trinajstić information content (AvgIpc) is 3.11. The van der Waals surface area contributed by atoms with Crippen LogP contribution >= 0.6 is 11.3 Å². The topological polar surface area (TPSA) is 51.0 Å². The summed E-state index contributed by atoms with van der Waals surface area (Å²) in [6.45, 7) is 1.30. The molecule has 2 heterocycles. The Labute approximate surface area is 119 Å². The Balaban J connectivity index is 1.60. The molecule has 4 nitrogen and oxygen atoms in total. The highest BCUT2D eigenvalue weighted by atomic mass is 32.1. The number of rotatable bonds is 5. The number of halogens is 1. The van der Waals surface area contributed by atoms with Gasteiger partial charge in [-0.1, -0.05) is 5.16 Å². The molecule has 0 spiro atoms. The molecule has 0 amide bonds. The van der Waals surface area contributed by atoms with E-state index in [1.165, 1.54) is 12.1 Å². The van der Waals surface area contributed by atoms with E-state index in [1.807, 2.05) is 11.4 Å². The third-order valence-electron chi connectivity index (χ3n) is 2.75. The van der Waals surface area contributed by atoms with Crippen molar-refractivity contribution in [2.45, 2.75) is 13.1 Å². The quantitative estimate of drug-likeness (QED) is 0.783. The van der Waals surface area contributed by atoms with Gasteiger partial charge in [-0.3, -0.25) is 0 Å². The van der Waals surface area contributed by atoms with Gasteiger partial charge in [-0.05, 0) is 24.3 Å². The number of hydrogen-bond donors (Lipinski definition) is 1. The third kappa shape index (κ3) is 3.09. The zero-order chi connectivity index (χ0) is 13.8. The maximum atomic E-state index is 12.9. The first kappa shape index (κ1) is 13.0. The normalized spacial score (nSPS) is 10.8. The van der Waals surface area contributed by atoms with E-state index in [1.54, 1.807) is 29.7 Å². The largest absolute Gasteiger partial charge is 0.364 e. The molecule has 6 heteroatoms. The van der Waals surface area contributed by atoms with Gasteiger partial charge in [0.2, 0.25) is 0 Å². The van der Waals surface area contributed by atoms with Gasteiger partial charge in [-0.25, -0.2) is 9.37 Å². The van der Waals surface area contributed by atoms with Crippen LogP contribution in [0.4, 0.5) is 4.39 Å². The summed E-state index contributed by atoms with van der Waals surface area (Å²) in [5.41, 5.74) is 2.75. The summed E-state index contributed by atoms with van der Waals surface area (Å²) in [6, 6.07) is 8.18. The molecule has 0 saturated carbocycles. The third-order valence-corrected chi connectivity index (χ3v) is 3.69. The predicted octanol–water partition coefficient (Wildman–Crippen LogP) is 3.23. The highest BCUT2D eigenvalue weighted by molar-refractivity contribution is 7.13. The minimum Gasteiger partial charge on any atom is -0.364 e. The van der Waals surface area contributed by atoms with Crippen molar-refractivity contribution in [1.82, 2.24) is 15.5 Å². The van der Waals surface area contributed by atoms with Gasteiger partial charge in [0.1, 0.15) is 17.1 Å². The van der Waals surface area contributed by atoms with Gasteiger partial charge in [0, 0.05) is 30.1 Å². The number of thiazole rings is 1. The molecule has 0 bridgehead atoms. The first-order valence-corrected chi connectivity index (χ1v) is 6.99. The maximum absolute atomic E-state index is 12.9. The summed E-state index contributed by atoms with van der Waals surface area (Å²) < 4.78 is 17.6. The van der Waals surface area contributed by atoms with Crippen molar-refractivity contribution in [3.05, 3.63) is 59.2 Å². The molecule has 0 saturated heterocycles. The van der Waals surface area contributed by atoms with Crippen molar-refractivity contribution in [2.75, 3.05) is 0 Å². The van der Waals surface area contributed by atoms with Gasteiger partial charge in [0.15, 0.2) is 0 Å². The van der Waals surface area contributed by atoms with Crippen molar-refractivity contribution in [2.24, 2.45) is 0 Å². The first-order valence-electron chi connectivity index (χ1n) is 6.11. The molecular formula is C14H12FN3OS. The number of nitrogens with one attached hydrogen (secondary N) is 1. The second kappa shape index (κ2) is 5.94. The highest BCUT2D eigenvalue weighted by Gasteiger charge is 2.05. The molecular weight excluding hydrogens is 277 g/mol. The molecule has 0 radical (unpaired) electrons. The summed E-state index contributed by atoms with van der Waals surface area (Å²) in [7, 11) is 0. The zero-order valence-corrected chi connectivity index (χ0v) is 11.4. The molecule has 1 N–H and O–H groups in total. The van der Waals surface area contributed by atoms with E-state index in [-0.39, 0.29) is 5.82 Å². The number of aromatic nitrogens is 2. The molecule has 3 aromatic rings. The zero-order valence-electron chi connectivity index (χ0n) is 10.5. The Morgan fingerprint density at radius 2 is 1.90 bits per heavy atom. The molecule has 20 heavy (non-hydrogen) atoms. The Bertz CT molecular complexity index is 664. The second-order valence-electron chi connectivity index (χ2n) is 4.25. The fraction of sp³-hybridized carbons (Fsp3) is 0.143. The van der Waals surface area contributed by atoms with Crippen LogP contribution in [0.25, 0.3) is 10.6 Å². The molecule has 102 valence electrons. The van der Waals surface area contributed by atoms with Gasteiger partial charge in [-0.2, -0.15) is 0 Å². The smallest absolute Gasteiger partial charge is 0.124 e. The van der Waals surface area contributed by atoms with Gasteiger partial charge < -0.3 is 9.84 Å². The Hall–Kier alpha value is -2.05. The standard InChI is InChI=1S/C14H12FN3OS/c15-11-3-1-10(2-4-11)14-17-13(9-20-14)8-16-7-12-5-6-19-18-12/h1-6,9,16H,7-8H2. The summed E-state index contributed by atoms with van der Waals surface area (Å²) in [5.74, 6) is -0.236. The lowest BCUT2D eigenvalue weighted by Crippen LogP contribution is -2.13. The van der Waals surface area contributed by atoms with Crippen molar-refractivity contribution in [3.8, 4) is 10.6 Å². The summed E-state index contributed by atoms with van der Waals surface area (Å²) in [6.07, 6.45) is 1.55. The Kier molecular flexibility index (Phi) is 3.85. The van der Waals surface area contributed by atoms with E-state index >= 15 is 0 Å².